The van der Waals surface area contributed by atoms with E-state index in [1.54, 1.807) is 23.5 Å². The number of carbonyl (C=O) groups excluding carboxylic acids is 2. The molecular weight excluding hydrogens is 638 g/mol. The number of rotatable bonds is 10. The largest absolute Gasteiger partial charge is 0.478 e. The second-order valence-corrected chi connectivity index (χ2v) is 12.7. The van der Waals surface area contributed by atoms with Gasteiger partial charge < -0.3 is 21.5 Å². The van der Waals surface area contributed by atoms with Gasteiger partial charge in [-0.15, -0.1) is 21.5 Å². The van der Waals surface area contributed by atoms with E-state index < -0.39 is 12.0 Å². The number of carbonyl (C=O) groups is 3. The van der Waals surface area contributed by atoms with Gasteiger partial charge in [-0.25, -0.2) is 4.79 Å². The van der Waals surface area contributed by atoms with Crippen molar-refractivity contribution in [1.82, 2.24) is 20.1 Å². The summed E-state index contributed by atoms with van der Waals surface area (Å²) in [5.41, 5.74) is 9.81. The van der Waals surface area contributed by atoms with Crippen molar-refractivity contribution in [1.29, 1.82) is 0 Å². The Morgan fingerprint density at radius 2 is 1.85 bits per heavy atom. The topological polar surface area (TPSA) is 165 Å². The zero-order valence-electron chi connectivity index (χ0n) is 26.2. The first-order chi connectivity index (χ1) is 22.6. The zero-order chi connectivity index (χ0) is 33.7. The predicted octanol–water partition coefficient (Wildman–Crippen LogP) is 5.12. The number of aromatic nitrogens is 3. The Bertz CT molecular complexity index is 1940. The summed E-state index contributed by atoms with van der Waals surface area (Å²) < 4.78 is 1.97. The number of aromatic carboxylic acids is 1. The molecule has 4 aromatic rings. The molecule has 1 aliphatic rings. The number of benzene rings is 2. The Hall–Kier alpha value is -4.83. The number of aliphatic imine (C=N–C) groups is 1. The Morgan fingerprint density at radius 3 is 2.57 bits per heavy atom. The van der Waals surface area contributed by atoms with Crippen LogP contribution < -0.4 is 16.4 Å². The summed E-state index contributed by atoms with van der Waals surface area (Å²) in [5, 5.41) is 25.4. The van der Waals surface area contributed by atoms with Crippen molar-refractivity contribution in [3.63, 3.8) is 0 Å². The molecule has 2 amide bonds. The van der Waals surface area contributed by atoms with Crippen LogP contribution in [-0.2, 0) is 9.59 Å². The molecule has 1 aliphatic heterocycles. The van der Waals surface area contributed by atoms with E-state index >= 15 is 0 Å². The normalized spacial score (nSPS) is 13.4. The van der Waals surface area contributed by atoms with E-state index in [4.69, 9.17) is 22.3 Å². The van der Waals surface area contributed by atoms with Crippen molar-refractivity contribution >= 4 is 52.1 Å². The number of aryl methyl sites for hydroxylation is 2. The lowest BCUT2D eigenvalue weighted by Crippen LogP contribution is -2.29. The van der Waals surface area contributed by atoms with E-state index in [9.17, 15) is 19.5 Å². The maximum Gasteiger partial charge on any atom is 0.337 e. The van der Waals surface area contributed by atoms with Crippen LogP contribution >= 0.6 is 22.9 Å². The lowest BCUT2D eigenvalue weighted by atomic mass is 9.99. The molecule has 2 aromatic carbocycles. The number of thiophene rings is 1. The van der Waals surface area contributed by atoms with Crippen molar-refractivity contribution in [3.8, 4) is 16.8 Å². The first-order valence-electron chi connectivity index (χ1n) is 15.1. The minimum absolute atomic E-state index is 0.0129. The second kappa shape index (κ2) is 14.7. The number of hydrogen-bond donors (Lipinski definition) is 4. The second-order valence-electron chi connectivity index (χ2n) is 11.0. The summed E-state index contributed by atoms with van der Waals surface area (Å²) in [4.78, 5) is 43.9. The Balaban J connectivity index is 1.28. The van der Waals surface area contributed by atoms with Gasteiger partial charge in [-0.1, -0.05) is 35.6 Å². The van der Waals surface area contributed by atoms with Crippen molar-refractivity contribution in [2.24, 2.45) is 10.7 Å². The van der Waals surface area contributed by atoms with Crippen LogP contribution in [0.2, 0.25) is 5.02 Å². The Labute approximate surface area is 281 Å². The number of carboxylic acid groups (broad SMARTS) is 1. The number of nitrogens with two attached hydrogens (primary N) is 1. The van der Waals surface area contributed by atoms with Crippen LogP contribution in [0.5, 0.6) is 0 Å². The fraction of sp³-hybridized carbons (Fsp3) is 0.294. The molecule has 0 aliphatic carbocycles. The van der Waals surface area contributed by atoms with Gasteiger partial charge in [-0.3, -0.25) is 19.1 Å². The van der Waals surface area contributed by atoms with Gasteiger partial charge >= 0.3 is 5.97 Å². The molecule has 13 heteroatoms. The van der Waals surface area contributed by atoms with Crippen LogP contribution in [0, 0.1) is 32.6 Å². The number of carboxylic acids is 1. The molecule has 0 saturated carbocycles. The molecule has 3 heterocycles. The van der Waals surface area contributed by atoms with Crippen LogP contribution in [0.15, 0.2) is 47.5 Å². The molecule has 2 aromatic heterocycles. The first-order valence-corrected chi connectivity index (χ1v) is 16.3. The van der Waals surface area contributed by atoms with E-state index in [1.165, 1.54) is 6.07 Å². The van der Waals surface area contributed by atoms with Crippen molar-refractivity contribution in [2.75, 3.05) is 18.4 Å². The maximum absolute atomic E-state index is 13.2. The van der Waals surface area contributed by atoms with Crippen LogP contribution in [0.1, 0.15) is 80.9 Å². The first kappa shape index (κ1) is 33.5. The Morgan fingerprint density at radius 1 is 1.09 bits per heavy atom. The maximum atomic E-state index is 13.2. The molecule has 0 saturated heterocycles. The smallest absolute Gasteiger partial charge is 0.337 e. The van der Waals surface area contributed by atoms with Gasteiger partial charge in [0.15, 0.2) is 5.82 Å². The highest BCUT2D eigenvalue weighted by atomic mass is 35.5. The molecule has 5 N–H and O–H groups in total. The standard InChI is InChI=1S/C34H34ClN7O4S/c1-19-20(2)47-33-30(19)31(23-8-11-24(35)12-9-23)39-27(32-41-40-21(3)42(32)33)18-29(44)37-16-14-28(43)38-25-13-10-22(7-5-4-6-15-36)26(17-25)34(45)46/h8-13,17,27H,4,6,14-16,18,36H2,1-3H3,(H,37,44)(H,38,43)(H,45,46)/t27-/m0/s1. The van der Waals surface area contributed by atoms with Crippen molar-refractivity contribution in [2.45, 2.75) is 52.5 Å². The minimum Gasteiger partial charge on any atom is -0.478 e. The number of unbranched alkanes of at least 4 members (excludes halogenated alkanes) is 1. The van der Waals surface area contributed by atoms with Gasteiger partial charge in [0, 0.05) is 51.7 Å². The van der Waals surface area contributed by atoms with Gasteiger partial charge in [-0.05, 0) is 69.6 Å². The number of halogens is 1. The summed E-state index contributed by atoms with van der Waals surface area (Å²) >= 11 is 7.81. The van der Waals surface area contributed by atoms with E-state index in [0.29, 0.717) is 40.9 Å². The molecular formula is C34H34ClN7O4S. The molecule has 242 valence electrons. The van der Waals surface area contributed by atoms with E-state index in [-0.39, 0.29) is 36.8 Å². The summed E-state index contributed by atoms with van der Waals surface area (Å²) in [6, 6.07) is 11.3. The van der Waals surface area contributed by atoms with Gasteiger partial charge in [0.05, 0.1) is 17.7 Å². The third-order valence-corrected chi connectivity index (χ3v) is 9.12. The lowest BCUT2D eigenvalue weighted by Gasteiger charge is -2.13. The average Bonchev–Trinajstić information content (AvgIpc) is 3.51. The highest BCUT2D eigenvalue weighted by molar-refractivity contribution is 7.15. The zero-order valence-corrected chi connectivity index (χ0v) is 27.8. The quantitative estimate of drug-likeness (QED) is 0.134. The van der Waals surface area contributed by atoms with E-state index in [0.717, 1.165) is 38.7 Å². The van der Waals surface area contributed by atoms with E-state index in [1.807, 2.05) is 35.8 Å². The van der Waals surface area contributed by atoms with Crippen LogP contribution in [-0.4, -0.2) is 56.5 Å². The number of amides is 2. The summed E-state index contributed by atoms with van der Waals surface area (Å²) in [6.07, 6.45) is 1.24. The summed E-state index contributed by atoms with van der Waals surface area (Å²) in [7, 11) is 0. The molecule has 5 rings (SSSR count). The SMILES string of the molecule is Cc1sc2c(c1C)C(c1ccc(Cl)cc1)=N[C@@H](CC(=O)NCCC(=O)Nc1ccc(C#CCCCN)c(C(=O)O)c1)c1nnc(C)n1-2. The van der Waals surface area contributed by atoms with Crippen LogP contribution in [0.4, 0.5) is 5.69 Å². The number of fused-ring (bicyclic) bond motifs is 3. The minimum atomic E-state index is -1.15. The van der Waals surface area contributed by atoms with E-state index in [2.05, 4.69) is 46.5 Å². The number of anilines is 1. The molecule has 47 heavy (non-hydrogen) atoms. The number of hydrogen-bond acceptors (Lipinski definition) is 8. The van der Waals surface area contributed by atoms with Crippen molar-refractivity contribution < 1.29 is 19.5 Å². The third kappa shape index (κ3) is 7.60. The van der Waals surface area contributed by atoms with Crippen LogP contribution in [0.25, 0.3) is 5.00 Å². The number of nitrogens with one attached hydrogen (secondary N) is 2. The highest BCUT2D eigenvalue weighted by Gasteiger charge is 2.32. The number of nitrogens with zero attached hydrogens (tertiary/aromatic N) is 4. The molecule has 0 fully saturated rings. The molecule has 0 radical (unpaired) electrons. The fourth-order valence-electron chi connectivity index (χ4n) is 5.18. The summed E-state index contributed by atoms with van der Waals surface area (Å²) in [5.74, 6) is 5.18. The predicted molar refractivity (Wildman–Crippen MR) is 183 cm³/mol. The van der Waals surface area contributed by atoms with Crippen LogP contribution in [0.3, 0.4) is 0 Å². The Kier molecular flexibility index (Phi) is 10.5. The van der Waals surface area contributed by atoms with Crippen molar-refractivity contribution in [3.05, 3.63) is 91.8 Å². The molecule has 0 bridgehead atoms. The fourth-order valence-corrected chi connectivity index (χ4v) is 6.52. The van der Waals surface area contributed by atoms with Gasteiger partial charge in [0.25, 0.3) is 0 Å². The lowest BCUT2D eigenvalue weighted by molar-refractivity contribution is -0.121. The molecule has 0 unspecified atom stereocenters. The average molecular weight is 672 g/mol. The summed E-state index contributed by atoms with van der Waals surface area (Å²) in [6.45, 7) is 6.57. The molecule has 1 atom stereocenters. The third-order valence-electron chi connectivity index (χ3n) is 7.67. The monoisotopic (exact) mass is 671 g/mol. The molecule has 0 spiro atoms. The van der Waals surface area contributed by atoms with Gasteiger partial charge in [-0.2, -0.15) is 0 Å². The highest BCUT2D eigenvalue weighted by Crippen LogP contribution is 2.39. The van der Waals surface area contributed by atoms with Gasteiger partial charge in [0.2, 0.25) is 11.8 Å². The van der Waals surface area contributed by atoms with Gasteiger partial charge in [0.1, 0.15) is 16.9 Å². The molecule has 11 nitrogen and oxygen atoms in total.